The van der Waals surface area contributed by atoms with Crippen LogP contribution >= 0.6 is 0 Å². The van der Waals surface area contributed by atoms with Gasteiger partial charge in [-0.05, 0) is 33.8 Å². The van der Waals surface area contributed by atoms with Crippen LogP contribution in [0.2, 0.25) is 0 Å². The third-order valence-electron chi connectivity index (χ3n) is 3.80. The highest BCUT2D eigenvalue weighted by molar-refractivity contribution is 5.55. The molecule has 0 bridgehead atoms. The van der Waals surface area contributed by atoms with Crippen LogP contribution in [0, 0.1) is 0 Å². The lowest BCUT2D eigenvalue weighted by molar-refractivity contribution is -0.242. The molecule has 1 aromatic carbocycles. The molecule has 0 spiro atoms. The summed E-state index contributed by atoms with van der Waals surface area (Å²) in [7, 11) is 0. The minimum Gasteiger partial charge on any atom is -0.462 e. The van der Waals surface area contributed by atoms with Gasteiger partial charge < -0.3 is 34.8 Å². The van der Waals surface area contributed by atoms with E-state index in [1.165, 1.54) is 0 Å². The topological polar surface area (TPSA) is 100 Å². The fraction of sp³-hybridized carbons (Fsp3) is 0.667. The van der Waals surface area contributed by atoms with Crippen LogP contribution in [0.25, 0.3) is 0 Å². The van der Waals surface area contributed by atoms with E-state index in [2.05, 4.69) is 5.32 Å². The van der Waals surface area contributed by atoms with Crippen LogP contribution < -0.4 is 10.1 Å². The van der Waals surface area contributed by atoms with Crippen LogP contribution in [0.4, 0.5) is 5.69 Å². The maximum absolute atomic E-state index is 9.99. The van der Waals surface area contributed by atoms with Gasteiger partial charge in [0.2, 0.25) is 6.29 Å². The van der Waals surface area contributed by atoms with Gasteiger partial charge in [-0.15, -0.1) is 0 Å². The minimum atomic E-state index is -1.32. The largest absolute Gasteiger partial charge is 0.462 e. The lowest BCUT2D eigenvalue weighted by Crippen LogP contribution is -2.54. The molecule has 1 saturated heterocycles. The van der Waals surface area contributed by atoms with E-state index in [0.717, 1.165) is 11.3 Å². The molecule has 4 unspecified atom stereocenters. The number of aliphatic hydroxyl groups excluding tert-OH is 3. The van der Waals surface area contributed by atoms with Crippen LogP contribution in [-0.4, -0.2) is 58.7 Å². The summed E-state index contributed by atoms with van der Waals surface area (Å²) in [5.41, 5.74) is 1.87. The van der Waals surface area contributed by atoms with Crippen molar-refractivity contribution in [1.29, 1.82) is 0 Å². The molecule has 4 N–H and O–H groups in total. The van der Waals surface area contributed by atoms with Gasteiger partial charge in [-0.1, -0.05) is 6.07 Å². The Hall–Kier alpha value is -1.38. The highest BCUT2D eigenvalue weighted by atomic mass is 16.7. The molecule has 7 heteroatoms. The zero-order valence-corrected chi connectivity index (χ0v) is 15.2. The van der Waals surface area contributed by atoms with Gasteiger partial charge in [-0.2, -0.15) is 0 Å². The Labute approximate surface area is 148 Å². The van der Waals surface area contributed by atoms with Crippen molar-refractivity contribution in [2.75, 3.05) is 11.9 Å². The van der Waals surface area contributed by atoms with Gasteiger partial charge in [0.15, 0.2) is 0 Å². The van der Waals surface area contributed by atoms with E-state index < -0.39 is 24.6 Å². The predicted octanol–water partition coefficient (Wildman–Crippen LogP) is 1.25. The molecule has 1 fully saturated rings. The van der Waals surface area contributed by atoms with Crippen molar-refractivity contribution in [1.82, 2.24) is 0 Å². The summed E-state index contributed by atoms with van der Waals surface area (Å²) < 4.78 is 16.6. The average molecular weight is 355 g/mol. The SMILES string of the molecule is CC(C)Nc1cc(OC2OCC(O)C(O)C2O)ccc1COC(C)C. The molecule has 0 radical (unpaired) electrons. The van der Waals surface area contributed by atoms with Crippen LogP contribution in [0.15, 0.2) is 18.2 Å². The Balaban J connectivity index is 2.12. The van der Waals surface area contributed by atoms with Gasteiger partial charge in [0.25, 0.3) is 0 Å². The Kier molecular flexibility index (Phi) is 7.04. The van der Waals surface area contributed by atoms with E-state index in [-0.39, 0.29) is 18.8 Å². The number of hydrogen-bond acceptors (Lipinski definition) is 7. The molecule has 1 aromatic rings. The summed E-state index contributed by atoms with van der Waals surface area (Å²) in [5.74, 6) is 0.490. The third kappa shape index (κ3) is 5.55. The van der Waals surface area contributed by atoms with Crippen molar-refractivity contribution in [3.63, 3.8) is 0 Å². The number of hydrogen-bond donors (Lipinski definition) is 4. The number of anilines is 1. The summed E-state index contributed by atoms with van der Waals surface area (Å²) in [4.78, 5) is 0. The first-order valence-corrected chi connectivity index (χ1v) is 8.61. The summed E-state index contributed by atoms with van der Waals surface area (Å²) in [6.07, 6.45) is -4.66. The van der Waals surface area contributed by atoms with Crippen LogP contribution in [-0.2, 0) is 16.1 Å². The van der Waals surface area contributed by atoms with E-state index >= 15 is 0 Å². The Morgan fingerprint density at radius 2 is 1.88 bits per heavy atom. The third-order valence-corrected chi connectivity index (χ3v) is 3.80. The molecule has 0 saturated carbocycles. The monoisotopic (exact) mass is 355 g/mol. The first-order valence-electron chi connectivity index (χ1n) is 8.61. The zero-order chi connectivity index (χ0) is 18.6. The Morgan fingerprint density at radius 1 is 1.16 bits per heavy atom. The fourth-order valence-corrected chi connectivity index (χ4v) is 2.47. The van der Waals surface area contributed by atoms with E-state index in [4.69, 9.17) is 14.2 Å². The quantitative estimate of drug-likeness (QED) is 0.584. The molecule has 25 heavy (non-hydrogen) atoms. The number of rotatable bonds is 7. The molecule has 2 rings (SSSR count). The van der Waals surface area contributed by atoms with Crippen molar-refractivity contribution in [2.45, 2.75) is 71.0 Å². The van der Waals surface area contributed by atoms with Gasteiger partial charge in [-0.25, -0.2) is 0 Å². The van der Waals surface area contributed by atoms with Crippen molar-refractivity contribution in [2.24, 2.45) is 0 Å². The first-order chi connectivity index (χ1) is 11.8. The molecule has 0 aliphatic carbocycles. The molecule has 1 heterocycles. The normalized spacial score (nSPS) is 26.9. The lowest BCUT2D eigenvalue weighted by atomic mass is 10.1. The maximum Gasteiger partial charge on any atom is 0.228 e. The molecule has 0 amide bonds. The standard InChI is InChI=1S/C18H29NO6/c1-10(2)19-14-7-13(6-5-12(14)8-23-11(3)4)25-18-17(22)16(21)15(20)9-24-18/h5-7,10-11,15-22H,8-9H2,1-4H3. The van der Waals surface area contributed by atoms with E-state index in [0.29, 0.717) is 12.4 Å². The highest BCUT2D eigenvalue weighted by Crippen LogP contribution is 2.27. The summed E-state index contributed by atoms with van der Waals surface area (Å²) in [6.45, 7) is 8.41. The van der Waals surface area contributed by atoms with Crippen LogP contribution in [0.5, 0.6) is 5.75 Å². The Bertz CT molecular complexity index is 550. The van der Waals surface area contributed by atoms with Gasteiger partial charge in [0.05, 0.1) is 19.3 Å². The summed E-state index contributed by atoms with van der Waals surface area (Å²) in [6, 6.07) is 5.69. The van der Waals surface area contributed by atoms with Gasteiger partial charge >= 0.3 is 0 Å². The van der Waals surface area contributed by atoms with Crippen LogP contribution in [0.3, 0.4) is 0 Å². The number of aliphatic hydroxyl groups is 3. The highest BCUT2D eigenvalue weighted by Gasteiger charge is 2.39. The zero-order valence-electron chi connectivity index (χ0n) is 15.2. The second-order valence-corrected chi connectivity index (χ2v) is 6.85. The smallest absolute Gasteiger partial charge is 0.228 e. The average Bonchev–Trinajstić information content (AvgIpc) is 2.54. The van der Waals surface area contributed by atoms with Gasteiger partial charge in [0, 0.05) is 23.4 Å². The maximum atomic E-state index is 9.99. The molecule has 1 aliphatic rings. The number of benzene rings is 1. The number of ether oxygens (including phenoxy) is 3. The van der Waals surface area contributed by atoms with Crippen molar-refractivity contribution >= 4 is 5.69 Å². The van der Waals surface area contributed by atoms with Crippen molar-refractivity contribution in [3.8, 4) is 5.75 Å². The molecule has 7 nitrogen and oxygen atoms in total. The fourth-order valence-electron chi connectivity index (χ4n) is 2.47. The Morgan fingerprint density at radius 3 is 2.52 bits per heavy atom. The summed E-state index contributed by atoms with van der Waals surface area (Å²) >= 11 is 0. The lowest BCUT2D eigenvalue weighted by Gasteiger charge is -2.35. The predicted molar refractivity (Wildman–Crippen MR) is 93.5 cm³/mol. The van der Waals surface area contributed by atoms with E-state index in [9.17, 15) is 15.3 Å². The van der Waals surface area contributed by atoms with Crippen LogP contribution in [0.1, 0.15) is 33.3 Å². The van der Waals surface area contributed by atoms with E-state index in [1.54, 1.807) is 6.07 Å². The molecule has 4 atom stereocenters. The molecule has 142 valence electrons. The molecular weight excluding hydrogens is 326 g/mol. The minimum absolute atomic E-state index is 0.0969. The second kappa shape index (κ2) is 8.82. The first kappa shape index (κ1) is 19.9. The summed E-state index contributed by atoms with van der Waals surface area (Å²) in [5, 5.41) is 32.6. The van der Waals surface area contributed by atoms with Gasteiger partial charge in [0.1, 0.15) is 24.1 Å². The van der Waals surface area contributed by atoms with Crippen molar-refractivity contribution in [3.05, 3.63) is 23.8 Å². The second-order valence-electron chi connectivity index (χ2n) is 6.85. The number of nitrogens with one attached hydrogen (secondary N) is 1. The molecule has 1 aliphatic heterocycles. The van der Waals surface area contributed by atoms with Gasteiger partial charge in [-0.3, -0.25) is 0 Å². The van der Waals surface area contributed by atoms with Crippen molar-refractivity contribution < 1.29 is 29.5 Å². The molecular formula is C18H29NO6. The molecule has 0 aromatic heterocycles. The van der Waals surface area contributed by atoms with E-state index in [1.807, 2.05) is 39.8 Å².